The van der Waals surface area contributed by atoms with Crippen LogP contribution in [0.1, 0.15) is 23.7 Å². The van der Waals surface area contributed by atoms with E-state index in [4.69, 9.17) is 9.84 Å². The molecule has 8 nitrogen and oxygen atoms in total. The van der Waals surface area contributed by atoms with Crippen LogP contribution in [0.15, 0.2) is 24.3 Å². The molecule has 1 aliphatic rings. The highest BCUT2D eigenvalue weighted by atomic mass is 32.2. The van der Waals surface area contributed by atoms with Crippen LogP contribution in [0.2, 0.25) is 0 Å². The number of anilines is 1. The zero-order valence-corrected chi connectivity index (χ0v) is 14.8. The largest absolute Gasteiger partial charge is 0.452 e. The fourth-order valence-corrected chi connectivity index (χ4v) is 4.79. The number of ether oxygens (including phenoxy) is 1. The second kappa shape index (κ2) is 7.83. The molecule has 0 bridgehead atoms. The number of amides is 1. The van der Waals surface area contributed by atoms with Gasteiger partial charge in [0.15, 0.2) is 16.4 Å². The molecule has 138 valence electrons. The number of sulfone groups is 1. The number of hydrogen-bond acceptors (Lipinski definition) is 7. The first-order valence-electron chi connectivity index (χ1n) is 7.87. The number of rotatable bonds is 7. The van der Waals surface area contributed by atoms with Gasteiger partial charge < -0.3 is 20.5 Å². The van der Waals surface area contributed by atoms with Crippen molar-refractivity contribution < 1.29 is 27.9 Å². The molecule has 2 rings (SSSR count). The summed E-state index contributed by atoms with van der Waals surface area (Å²) < 4.78 is 28.1. The molecule has 1 amide bonds. The smallest absolute Gasteiger partial charge is 0.340 e. The number of nitrogens with one attached hydrogen (secondary N) is 2. The van der Waals surface area contributed by atoms with Crippen LogP contribution in [0.5, 0.6) is 0 Å². The van der Waals surface area contributed by atoms with Crippen LogP contribution in [0, 0.1) is 0 Å². The second-order valence-corrected chi connectivity index (χ2v) is 8.41. The molecule has 0 aliphatic carbocycles. The van der Waals surface area contributed by atoms with Crippen molar-refractivity contribution in [2.24, 2.45) is 0 Å². The number of carbonyl (C=O) groups is 2. The maximum atomic E-state index is 12.2. The zero-order valence-electron chi connectivity index (χ0n) is 13.9. The molecule has 1 saturated heterocycles. The topological polar surface area (TPSA) is 122 Å². The van der Waals surface area contributed by atoms with Crippen molar-refractivity contribution in [1.29, 1.82) is 0 Å². The number of esters is 1. The molecule has 0 aromatic heterocycles. The van der Waals surface area contributed by atoms with Gasteiger partial charge in [-0.2, -0.15) is 0 Å². The Morgan fingerprint density at radius 3 is 2.68 bits per heavy atom. The van der Waals surface area contributed by atoms with Crippen LogP contribution in [-0.4, -0.2) is 62.2 Å². The summed E-state index contributed by atoms with van der Waals surface area (Å²) in [6.45, 7) is 1.35. The SMILES string of the molecule is C[C@]1(NC(=O)COC(=O)c2ccccc2NCCO)CCS(=O)(=O)C1. The van der Waals surface area contributed by atoms with Gasteiger partial charge in [0.25, 0.3) is 5.91 Å². The number of hydrogen-bond donors (Lipinski definition) is 3. The lowest BCUT2D eigenvalue weighted by Gasteiger charge is -2.23. The van der Waals surface area contributed by atoms with E-state index in [1.54, 1.807) is 31.2 Å². The van der Waals surface area contributed by atoms with Crippen molar-refractivity contribution >= 4 is 27.4 Å². The fraction of sp³-hybridized carbons (Fsp3) is 0.500. The van der Waals surface area contributed by atoms with Crippen molar-refractivity contribution in [3.63, 3.8) is 0 Å². The molecule has 0 unspecified atom stereocenters. The van der Waals surface area contributed by atoms with E-state index in [0.717, 1.165) is 0 Å². The van der Waals surface area contributed by atoms with Crippen molar-refractivity contribution in [3.8, 4) is 0 Å². The minimum absolute atomic E-state index is 0.0352. The lowest BCUT2D eigenvalue weighted by atomic mass is 10.0. The summed E-state index contributed by atoms with van der Waals surface area (Å²) in [5, 5.41) is 14.4. The molecule has 1 heterocycles. The van der Waals surface area contributed by atoms with Gasteiger partial charge in [0.1, 0.15) is 0 Å². The van der Waals surface area contributed by atoms with E-state index in [-0.39, 0.29) is 30.2 Å². The van der Waals surface area contributed by atoms with Crippen LogP contribution in [0.4, 0.5) is 5.69 Å². The van der Waals surface area contributed by atoms with E-state index >= 15 is 0 Å². The zero-order chi connectivity index (χ0) is 18.5. The Bertz CT molecular complexity index is 749. The highest BCUT2D eigenvalue weighted by molar-refractivity contribution is 7.91. The molecular weight excluding hydrogens is 348 g/mol. The maximum Gasteiger partial charge on any atom is 0.340 e. The van der Waals surface area contributed by atoms with Gasteiger partial charge in [-0.3, -0.25) is 4.79 Å². The monoisotopic (exact) mass is 370 g/mol. The molecule has 1 atom stereocenters. The van der Waals surface area contributed by atoms with E-state index in [2.05, 4.69) is 10.6 Å². The molecule has 3 N–H and O–H groups in total. The van der Waals surface area contributed by atoms with Crippen molar-refractivity contribution in [2.75, 3.05) is 36.6 Å². The summed E-state index contributed by atoms with van der Waals surface area (Å²) in [4.78, 5) is 24.1. The number of para-hydroxylation sites is 1. The standard InChI is InChI=1S/C16H22N2O6S/c1-16(6-9-25(22,23)11-16)18-14(20)10-24-15(21)12-4-2-3-5-13(12)17-7-8-19/h2-5,17,19H,6-11H2,1H3,(H,18,20)/t16-/m0/s1. The van der Waals surface area contributed by atoms with Gasteiger partial charge in [-0.25, -0.2) is 13.2 Å². The number of aliphatic hydroxyl groups is 1. The molecule has 0 saturated carbocycles. The van der Waals surface area contributed by atoms with Gasteiger partial charge in [0.2, 0.25) is 0 Å². The van der Waals surface area contributed by atoms with Gasteiger partial charge in [-0.05, 0) is 25.5 Å². The van der Waals surface area contributed by atoms with Crippen LogP contribution in [0.3, 0.4) is 0 Å². The molecule has 0 spiro atoms. The number of carbonyl (C=O) groups excluding carboxylic acids is 2. The third kappa shape index (κ3) is 5.43. The highest BCUT2D eigenvalue weighted by Gasteiger charge is 2.39. The second-order valence-electron chi connectivity index (χ2n) is 6.22. The van der Waals surface area contributed by atoms with Crippen molar-refractivity contribution in [2.45, 2.75) is 18.9 Å². The Hall–Kier alpha value is -2.13. The summed E-state index contributed by atoms with van der Waals surface area (Å²) in [6, 6.07) is 6.59. The van der Waals surface area contributed by atoms with Crippen LogP contribution < -0.4 is 10.6 Å². The maximum absolute atomic E-state index is 12.2. The van der Waals surface area contributed by atoms with Crippen LogP contribution in [0.25, 0.3) is 0 Å². The van der Waals surface area contributed by atoms with Crippen LogP contribution >= 0.6 is 0 Å². The summed E-state index contributed by atoms with van der Waals surface area (Å²) >= 11 is 0. The molecule has 0 radical (unpaired) electrons. The molecular formula is C16H22N2O6S. The predicted molar refractivity (Wildman–Crippen MR) is 92.1 cm³/mol. The molecule has 1 aromatic carbocycles. The highest BCUT2D eigenvalue weighted by Crippen LogP contribution is 2.22. The van der Waals surface area contributed by atoms with E-state index in [9.17, 15) is 18.0 Å². The summed E-state index contributed by atoms with van der Waals surface area (Å²) in [5.74, 6) is -1.31. The lowest BCUT2D eigenvalue weighted by Crippen LogP contribution is -2.48. The number of benzene rings is 1. The first kappa shape index (κ1) is 19.2. The van der Waals surface area contributed by atoms with E-state index in [1.165, 1.54) is 0 Å². The average molecular weight is 370 g/mol. The van der Waals surface area contributed by atoms with Crippen molar-refractivity contribution in [3.05, 3.63) is 29.8 Å². The Balaban J connectivity index is 1.91. The molecule has 1 aromatic rings. The molecule has 1 aliphatic heterocycles. The Morgan fingerprint density at radius 1 is 1.32 bits per heavy atom. The van der Waals surface area contributed by atoms with E-state index in [1.807, 2.05) is 0 Å². The van der Waals surface area contributed by atoms with E-state index < -0.39 is 33.9 Å². The van der Waals surface area contributed by atoms with Gasteiger partial charge in [0.05, 0.1) is 29.2 Å². The Labute approximate surface area is 146 Å². The number of aliphatic hydroxyl groups excluding tert-OH is 1. The van der Waals surface area contributed by atoms with Gasteiger partial charge >= 0.3 is 5.97 Å². The molecule has 25 heavy (non-hydrogen) atoms. The third-order valence-electron chi connectivity index (χ3n) is 3.85. The lowest BCUT2D eigenvalue weighted by molar-refractivity contribution is -0.125. The minimum Gasteiger partial charge on any atom is -0.452 e. The summed E-state index contributed by atoms with van der Waals surface area (Å²) in [7, 11) is -3.14. The van der Waals surface area contributed by atoms with Gasteiger partial charge in [0, 0.05) is 12.2 Å². The normalized spacial score (nSPS) is 21.5. The first-order chi connectivity index (χ1) is 11.7. The summed E-state index contributed by atoms with van der Waals surface area (Å²) in [5.41, 5.74) is -0.0858. The van der Waals surface area contributed by atoms with Crippen LogP contribution in [-0.2, 0) is 19.4 Å². The molecule has 9 heteroatoms. The third-order valence-corrected chi connectivity index (χ3v) is 5.76. The molecule has 1 fully saturated rings. The van der Waals surface area contributed by atoms with Crippen molar-refractivity contribution in [1.82, 2.24) is 5.32 Å². The van der Waals surface area contributed by atoms with Gasteiger partial charge in [-0.1, -0.05) is 12.1 Å². The average Bonchev–Trinajstić information content (AvgIpc) is 2.83. The first-order valence-corrected chi connectivity index (χ1v) is 9.69. The predicted octanol–water partition coefficient (Wildman–Crippen LogP) is -0.0590. The quantitative estimate of drug-likeness (QED) is 0.575. The Kier molecular flexibility index (Phi) is 6.02. The fourth-order valence-electron chi connectivity index (χ4n) is 2.70. The minimum atomic E-state index is -3.14. The Morgan fingerprint density at radius 2 is 2.04 bits per heavy atom. The summed E-state index contributed by atoms with van der Waals surface area (Å²) in [6.07, 6.45) is 0.336. The van der Waals surface area contributed by atoms with E-state index in [0.29, 0.717) is 12.1 Å². The van der Waals surface area contributed by atoms with Gasteiger partial charge in [-0.15, -0.1) is 0 Å².